The summed E-state index contributed by atoms with van der Waals surface area (Å²) >= 11 is 0. The molecular formula is C17H35NO. The maximum absolute atomic E-state index is 10.3. The zero-order valence-corrected chi connectivity index (χ0v) is 13.9. The quantitative estimate of drug-likeness (QED) is 0.821. The number of nitrogens with zero attached hydrogens (tertiary/aromatic N) is 1. The summed E-state index contributed by atoms with van der Waals surface area (Å²) in [7, 11) is 2.21. The van der Waals surface area contributed by atoms with Crippen LogP contribution < -0.4 is 0 Å². The van der Waals surface area contributed by atoms with Crippen molar-refractivity contribution in [3.8, 4) is 0 Å². The average molecular weight is 269 g/mol. The normalized spacial score (nSPS) is 30.6. The van der Waals surface area contributed by atoms with Crippen LogP contribution in [0.15, 0.2) is 0 Å². The van der Waals surface area contributed by atoms with Gasteiger partial charge in [0.1, 0.15) is 0 Å². The molecule has 0 aromatic carbocycles. The zero-order valence-electron chi connectivity index (χ0n) is 13.9. The van der Waals surface area contributed by atoms with Crippen molar-refractivity contribution >= 4 is 0 Å². The summed E-state index contributed by atoms with van der Waals surface area (Å²) in [5, 5.41) is 10.3. The van der Waals surface area contributed by atoms with Gasteiger partial charge in [-0.1, -0.05) is 41.0 Å². The summed E-state index contributed by atoms with van der Waals surface area (Å²) in [5.41, 5.74) is 0.383. The third-order valence-electron chi connectivity index (χ3n) is 5.03. The Bertz CT molecular complexity index is 258. The van der Waals surface area contributed by atoms with Crippen molar-refractivity contribution in [3.63, 3.8) is 0 Å². The van der Waals surface area contributed by atoms with Crippen molar-refractivity contribution < 1.29 is 5.11 Å². The molecule has 2 nitrogen and oxygen atoms in total. The van der Waals surface area contributed by atoms with Crippen molar-refractivity contribution in [2.45, 2.75) is 66.4 Å². The summed E-state index contributed by atoms with van der Waals surface area (Å²) in [5.74, 6) is 1.98. The van der Waals surface area contributed by atoms with E-state index in [9.17, 15) is 5.11 Å². The topological polar surface area (TPSA) is 23.5 Å². The lowest BCUT2D eigenvalue weighted by Gasteiger charge is -2.41. The maximum atomic E-state index is 10.3. The van der Waals surface area contributed by atoms with Crippen LogP contribution in [0, 0.1) is 23.2 Å². The first-order chi connectivity index (χ1) is 8.74. The second-order valence-electron chi connectivity index (χ2n) is 7.94. The lowest BCUT2D eigenvalue weighted by molar-refractivity contribution is 0.00509. The highest BCUT2D eigenvalue weighted by molar-refractivity contribution is 4.86. The Balaban J connectivity index is 2.50. The van der Waals surface area contributed by atoms with Gasteiger partial charge in [-0.15, -0.1) is 0 Å². The number of hydrogen-bond acceptors (Lipinski definition) is 2. The lowest BCUT2D eigenvalue weighted by atomic mass is 9.68. The van der Waals surface area contributed by atoms with Gasteiger partial charge >= 0.3 is 0 Å². The van der Waals surface area contributed by atoms with Gasteiger partial charge < -0.3 is 10.0 Å². The number of aliphatic hydroxyl groups is 1. The van der Waals surface area contributed by atoms with E-state index in [1.54, 1.807) is 0 Å². The molecule has 1 fully saturated rings. The predicted molar refractivity (Wildman–Crippen MR) is 83.2 cm³/mol. The van der Waals surface area contributed by atoms with E-state index in [2.05, 4.69) is 46.6 Å². The Hall–Kier alpha value is -0.0800. The summed E-state index contributed by atoms with van der Waals surface area (Å²) < 4.78 is 0. The van der Waals surface area contributed by atoms with Crippen LogP contribution in [0.3, 0.4) is 0 Å². The van der Waals surface area contributed by atoms with Gasteiger partial charge in [0.25, 0.3) is 0 Å². The van der Waals surface area contributed by atoms with E-state index in [-0.39, 0.29) is 6.10 Å². The van der Waals surface area contributed by atoms with Crippen LogP contribution in [0.4, 0.5) is 0 Å². The monoisotopic (exact) mass is 269 g/mol. The second-order valence-corrected chi connectivity index (χ2v) is 7.94. The summed E-state index contributed by atoms with van der Waals surface area (Å²) in [6.07, 6.45) is 4.52. The lowest BCUT2D eigenvalue weighted by Crippen LogP contribution is -2.41. The molecule has 0 spiro atoms. The Morgan fingerprint density at radius 3 is 2.42 bits per heavy atom. The molecule has 19 heavy (non-hydrogen) atoms. The number of aliphatic hydroxyl groups excluding tert-OH is 1. The Morgan fingerprint density at radius 1 is 1.26 bits per heavy atom. The average Bonchev–Trinajstić information content (AvgIpc) is 2.30. The van der Waals surface area contributed by atoms with Gasteiger partial charge in [0.15, 0.2) is 0 Å². The van der Waals surface area contributed by atoms with Crippen LogP contribution in [0.25, 0.3) is 0 Å². The summed E-state index contributed by atoms with van der Waals surface area (Å²) in [6, 6.07) is 0. The van der Waals surface area contributed by atoms with Gasteiger partial charge in [0, 0.05) is 13.1 Å². The molecule has 2 heteroatoms. The molecule has 0 aromatic rings. The van der Waals surface area contributed by atoms with Crippen LogP contribution >= 0.6 is 0 Å². The van der Waals surface area contributed by atoms with Crippen molar-refractivity contribution in [3.05, 3.63) is 0 Å². The molecule has 1 aliphatic carbocycles. The zero-order chi connectivity index (χ0) is 14.6. The summed E-state index contributed by atoms with van der Waals surface area (Å²) in [6.45, 7) is 13.8. The SMILES string of the molecule is CCC(C)CN(C)CC1CC(C(C)(C)C)CCC1O. The molecule has 1 N–H and O–H groups in total. The molecule has 4 atom stereocenters. The molecule has 1 saturated carbocycles. The molecule has 0 amide bonds. The largest absolute Gasteiger partial charge is 0.393 e. The molecule has 0 saturated heterocycles. The van der Waals surface area contributed by atoms with E-state index in [4.69, 9.17) is 0 Å². The highest BCUT2D eigenvalue weighted by Gasteiger charge is 2.35. The van der Waals surface area contributed by atoms with Crippen molar-refractivity contribution in [2.24, 2.45) is 23.2 Å². The van der Waals surface area contributed by atoms with E-state index in [1.165, 1.54) is 19.3 Å². The number of hydrogen-bond donors (Lipinski definition) is 1. The minimum Gasteiger partial charge on any atom is -0.393 e. The van der Waals surface area contributed by atoms with E-state index in [0.717, 1.165) is 31.3 Å². The highest BCUT2D eigenvalue weighted by atomic mass is 16.3. The van der Waals surface area contributed by atoms with E-state index in [0.29, 0.717) is 11.3 Å². The van der Waals surface area contributed by atoms with Crippen LogP contribution in [0.1, 0.15) is 60.3 Å². The molecule has 0 heterocycles. The van der Waals surface area contributed by atoms with Gasteiger partial charge in [-0.05, 0) is 49.5 Å². The predicted octanol–water partition coefficient (Wildman–Crippen LogP) is 3.79. The molecule has 114 valence electrons. The smallest absolute Gasteiger partial charge is 0.0580 e. The molecule has 0 aliphatic heterocycles. The fraction of sp³-hybridized carbons (Fsp3) is 1.00. The summed E-state index contributed by atoms with van der Waals surface area (Å²) in [4.78, 5) is 2.42. The van der Waals surface area contributed by atoms with Crippen LogP contribution in [-0.2, 0) is 0 Å². The van der Waals surface area contributed by atoms with Gasteiger partial charge in [-0.25, -0.2) is 0 Å². The van der Waals surface area contributed by atoms with E-state index < -0.39 is 0 Å². The van der Waals surface area contributed by atoms with Crippen LogP contribution in [0.5, 0.6) is 0 Å². The Labute approximate surface area is 120 Å². The molecule has 1 aliphatic rings. The third-order valence-corrected chi connectivity index (χ3v) is 5.03. The van der Waals surface area contributed by atoms with E-state index >= 15 is 0 Å². The molecule has 1 rings (SSSR count). The molecule has 0 aromatic heterocycles. The standard InChI is InChI=1S/C17H35NO/c1-7-13(2)11-18(6)12-14-10-15(17(3,4)5)8-9-16(14)19/h13-16,19H,7-12H2,1-6H3. The van der Waals surface area contributed by atoms with Gasteiger partial charge in [-0.2, -0.15) is 0 Å². The fourth-order valence-electron chi connectivity index (χ4n) is 3.37. The molecule has 0 radical (unpaired) electrons. The van der Waals surface area contributed by atoms with Crippen molar-refractivity contribution in [2.75, 3.05) is 20.1 Å². The molecular weight excluding hydrogens is 234 g/mol. The molecule has 0 bridgehead atoms. The Morgan fingerprint density at radius 2 is 1.89 bits per heavy atom. The van der Waals surface area contributed by atoms with Crippen molar-refractivity contribution in [1.82, 2.24) is 4.90 Å². The highest BCUT2D eigenvalue weighted by Crippen LogP contribution is 2.40. The molecule has 4 unspecified atom stereocenters. The first-order valence-electron chi connectivity index (χ1n) is 8.10. The fourth-order valence-corrected chi connectivity index (χ4v) is 3.37. The van der Waals surface area contributed by atoms with Crippen molar-refractivity contribution in [1.29, 1.82) is 0 Å². The van der Waals surface area contributed by atoms with Gasteiger partial charge in [-0.3, -0.25) is 0 Å². The Kier molecular flexibility index (Phi) is 6.32. The first-order valence-corrected chi connectivity index (χ1v) is 8.10. The maximum Gasteiger partial charge on any atom is 0.0580 e. The van der Waals surface area contributed by atoms with E-state index in [1.807, 2.05) is 0 Å². The second kappa shape index (κ2) is 7.08. The van der Waals surface area contributed by atoms with Gasteiger partial charge in [0.05, 0.1) is 6.10 Å². The van der Waals surface area contributed by atoms with Crippen LogP contribution in [0.2, 0.25) is 0 Å². The number of rotatable bonds is 5. The minimum absolute atomic E-state index is 0.0852. The van der Waals surface area contributed by atoms with Crippen LogP contribution in [-0.4, -0.2) is 36.2 Å². The third kappa shape index (κ3) is 5.43. The minimum atomic E-state index is -0.0852. The van der Waals surface area contributed by atoms with Gasteiger partial charge in [0.2, 0.25) is 0 Å². The first kappa shape index (κ1) is 17.0.